The molecule has 7 heteroatoms. The van der Waals surface area contributed by atoms with Crippen LogP contribution in [0.25, 0.3) is 0 Å². The van der Waals surface area contributed by atoms with Crippen LogP contribution < -0.4 is 4.90 Å². The van der Waals surface area contributed by atoms with Gasteiger partial charge >= 0.3 is 12.1 Å². The van der Waals surface area contributed by atoms with E-state index in [1.807, 2.05) is 4.90 Å². The predicted octanol–water partition coefficient (Wildman–Crippen LogP) is 1.22. The quantitative estimate of drug-likeness (QED) is 0.840. The molecule has 2 rings (SSSR count). The Balaban J connectivity index is 1.90. The summed E-state index contributed by atoms with van der Waals surface area (Å²) in [5, 5.41) is 8.83. The minimum absolute atomic E-state index is 0.158. The van der Waals surface area contributed by atoms with E-state index in [2.05, 4.69) is 11.6 Å². The summed E-state index contributed by atoms with van der Waals surface area (Å²) in [6, 6.07) is 3.20. The zero-order chi connectivity index (χ0) is 15.2. The first-order valence-electron chi connectivity index (χ1n) is 6.58. The molecule has 1 aromatic rings. The molecule has 1 aromatic heterocycles. The molecule has 112 valence electrons. The molecule has 1 fully saturated rings. The maximum atomic E-state index is 11.7. The van der Waals surface area contributed by atoms with E-state index in [-0.39, 0.29) is 18.3 Å². The summed E-state index contributed by atoms with van der Waals surface area (Å²) < 4.78 is 4.98. The largest absolute Gasteiger partial charge is 0.478 e. The summed E-state index contributed by atoms with van der Waals surface area (Å²) >= 11 is 0. The Morgan fingerprint density at radius 1 is 1.33 bits per heavy atom. The number of hydrogen-bond donors (Lipinski definition) is 1. The van der Waals surface area contributed by atoms with Gasteiger partial charge in [-0.05, 0) is 12.1 Å². The van der Waals surface area contributed by atoms with E-state index in [0.717, 1.165) is 0 Å². The van der Waals surface area contributed by atoms with E-state index in [1.165, 1.54) is 18.3 Å². The number of rotatable bonds is 4. The first kappa shape index (κ1) is 14.8. The molecule has 7 nitrogen and oxygen atoms in total. The molecule has 0 radical (unpaired) electrons. The lowest BCUT2D eigenvalue weighted by molar-refractivity contribution is 0.0696. The van der Waals surface area contributed by atoms with Gasteiger partial charge in [0, 0.05) is 32.4 Å². The lowest BCUT2D eigenvalue weighted by Gasteiger charge is -2.34. The van der Waals surface area contributed by atoms with Crippen molar-refractivity contribution in [1.29, 1.82) is 0 Å². The highest BCUT2D eigenvalue weighted by molar-refractivity contribution is 5.87. The van der Waals surface area contributed by atoms with Crippen molar-refractivity contribution >= 4 is 17.9 Å². The van der Waals surface area contributed by atoms with Gasteiger partial charge in [0.15, 0.2) is 0 Å². The molecule has 0 unspecified atom stereocenters. The zero-order valence-electron chi connectivity index (χ0n) is 11.6. The van der Waals surface area contributed by atoms with Gasteiger partial charge < -0.3 is 19.6 Å². The molecular weight excluding hydrogens is 274 g/mol. The Morgan fingerprint density at radius 2 is 2.05 bits per heavy atom. The number of pyridine rings is 1. The topological polar surface area (TPSA) is 83.0 Å². The number of aromatic nitrogens is 1. The van der Waals surface area contributed by atoms with Crippen molar-refractivity contribution in [3.63, 3.8) is 0 Å². The van der Waals surface area contributed by atoms with E-state index < -0.39 is 5.97 Å². The zero-order valence-corrected chi connectivity index (χ0v) is 11.6. The number of amides is 1. The molecular formula is C14H17N3O4. The minimum Gasteiger partial charge on any atom is -0.478 e. The number of anilines is 1. The first-order chi connectivity index (χ1) is 10.1. The number of carbonyl (C=O) groups is 2. The Hall–Kier alpha value is -2.57. The van der Waals surface area contributed by atoms with Crippen molar-refractivity contribution in [3.8, 4) is 0 Å². The Kier molecular flexibility index (Phi) is 4.76. The molecule has 1 aliphatic rings. The summed E-state index contributed by atoms with van der Waals surface area (Å²) in [7, 11) is 0. The van der Waals surface area contributed by atoms with Crippen molar-refractivity contribution in [3.05, 3.63) is 36.5 Å². The fraction of sp³-hybridized carbons (Fsp3) is 0.357. The van der Waals surface area contributed by atoms with Crippen molar-refractivity contribution in [2.24, 2.45) is 0 Å². The third-order valence-electron chi connectivity index (χ3n) is 3.18. The predicted molar refractivity (Wildman–Crippen MR) is 76.5 cm³/mol. The Bertz CT molecular complexity index is 522. The van der Waals surface area contributed by atoms with Gasteiger partial charge in [0.25, 0.3) is 0 Å². The molecule has 0 aromatic carbocycles. The van der Waals surface area contributed by atoms with Crippen LogP contribution in [0, 0.1) is 0 Å². The van der Waals surface area contributed by atoms with Crippen molar-refractivity contribution in [1.82, 2.24) is 9.88 Å². The van der Waals surface area contributed by atoms with Crippen LogP contribution in [0.4, 0.5) is 10.6 Å². The highest BCUT2D eigenvalue weighted by Crippen LogP contribution is 2.14. The summed E-state index contributed by atoms with van der Waals surface area (Å²) in [4.78, 5) is 30.2. The normalized spacial score (nSPS) is 14.7. The molecule has 0 saturated carbocycles. The Morgan fingerprint density at radius 3 is 2.57 bits per heavy atom. The number of nitrogens with zero attached hydrogens (tertiary/aromatic N) is 3. The van der Waals surface area contributed by atoms with E-state index in [9.17, 15) is 9.59 Å². The molecule has 21 heavy (non-hydrogen) atoms. The fourth-order valence-corrected chi connectivity index (χ4v) is 2.04. The second kappa shape index (κ2) is 6.74. The van der Waals surface area contributed by atoms with Gasteiger partial charge in [-0.15, -0.1) is 0 Å². The highest BCUT2D eigenvalue weighted by atomic mass is 16.6. The van der Waals surface area contributed by atoms with Crippen molar-refractivity contribution in [2.75, 3.05) is 37.7 Å². The monoisotopic (exact) mass is 291 g/mol. The average molecular weight is 291 g/mol. The van der Waals surface area contributed by atoms with Crippen molar-refractivity contribution < 1.29 is 19.4 Å². The molecule has 0 bridgehead atoms. The number of carboxylic acid groups (broad SMARTS) is 1. The standard InChI is InChI=1S/C14H17N3O4/c1-2-9-21-14(20)17-7-5-16(6-8-17)12-4-3-11(10-15-12)13(18)19/h2-4,10H,1,5-9H2,(H,18,19). The fourth-order valence-electron chi connectivity index (χ4n) is 2.04. The summed E-state index contributed by atoms with van der Waals surface area (Å²) in [5.74, 6) is -0.289. The van der Waals surface area contributed by atoms with E-state index in [4.69, 9.17) is 9.84 Å². The van der Waals surface area contributed by atoms with Gasteiger partial charge in [0.2, 0.25) is 0 Å². The number of ether oxygens (including phenoxy) is 1. The van der Waals surface area contributed by atoms with Crippen LogP contribution in [0.15, 0.2) is 31.0 Å². The van der Waals surface area contributed by atoms with Gasteiger partial charge in [-0.1, -0.05) is 12.7 Å². The van der Waals surface area contributed by atoms with Crippen LogP contribution in [0.3, 0.4) is 0 Å². The number of carboxylic acids is 1. The van der Waals surface area contributed by atoms with Gasteiger partial charge in [0.1, 0.15) is 12.4 Å². The smallest absolute Gasteiger partial charge is 0.410 e. The molecule has 0 atom stereocenters. The van der Waals surface area contributed by atoms with Crippen LogP contribution in [-0.4, -0.2) is 59.8 Å². The van der Waals surface area contributed by atoms with Gasteiger partial charge in [-0.25, -0.2) is 14.6 Å². The maximum absolute atomic E-state index is 11.7. The highest BCUT2D eigenvalue weighted by Gasteiger charge is 2.22. The molecule has 1 N–H and O–H groups in total. The van der Waals surface area contributed by atoms with E-state index in [0.29, 0.717) is 32.0 Å². The Labute approximate surface area is 122 Å². The molecule has 0 aliphatic carbocycles. The van der Waals surface area contributed by atoms with Gasteiger partial charge in [-0.2, -0.15) is 0 Å². The number of aromatic carboxylic acids is 1. The summed E-state index contributed by atoms with van der Waals surface area (Å²) in [6.45, 7) is 6.04. The second-order valence-corrected chi connectivity index (χ2v) is 4.55. The molecule has 0 spiro atoms. The third-order valence-corrected chi connectivity index (χ3v) is 3.18. The number of carbonyl (C=O) groups excluding carboxylic acids is 1. The van der Waals surface area contributed by atoms with E-state index >= 15 is 0 Å². The SMILES string of the molecule is C=CCOC(=O)N1CCN(c2ccc(C(=O)O)cn2)CC1. The third kappa shape index (κ3) is 3.71. The van der Waals surface area contributed by atoms with Crippen LogP contribution in [0.1, 0.15) is 10.4 Å². The van der Waals surface area contributed by atoms with Gasteiger partial charge in [-0.3, -0.25) is 0 Å². The lowest BCUT2D eigenvalue weighted by atomic mass is 10.2. The van der Waals surface area contributed by atoms with E-state index in [1.54, 1.807) is 11.0 Å². The average Bonchev–Trinajstić information content (AvgIpc) is 2.53. The maximum Gasteiger partial charge on any atom is 0.410 e. The summed E-state index contributed by atoms with van der Waals surface area (Å²) in [6.07, 6.45) is 2.52. The molecule has 2 heterocycles. The van der Waals surface area contributed by atoms with Crippen LogP contribution >= 0.6 is 0 Å². The molecule has 1 aliphatic heterocycles. The van der Waals surface area contributed by atoms with Gasteiger partial charge in [0.05, 0.1) is 5.56 Å². The van der Waals surface area contributed by atoms with Crippen molar-refractivity contribution in [2.45, 2.75) is 0 Å². The minimum atomic E-state index is -0.996. The lowest BCUT2D eigenvalue weighted by Crippen LogP contribution is -2.49. The molecule has 1 saturated heterocycles. The number of hydrogen-bond acceptors (Lipinski definition) is 5. The summed E-state index contributed by atoms with van der Waals surface area (Å²) in [5.41, 5.74) is 0.158. The second-order valence-electron chi connectivity index (χ2n) is 4.55. The number of piperazine rings is 1. The van der Waals surface area contributed by atoms with Crippen LogP contribution in [-0.2, 0) is 4.74 Å². The first-order valence-corrected chi connectivity index (χ1v) is 6.58. The molecule has 1 amide bonds. The van der Waals surface area contributed by atoms with Crippen LogP contribution in [0.2, 0.25) is 0 Å². The van der Waals surface area contributed by atoms with Crippen LogP contribution in [0.5, 0.6) is 0 Å².